The van der Waals surface area contributed by atoms with E-state index < -0.39 is 39.5 Å². The van der Waals surface area contributed by atoms with Crippen molar-refractivity contribution in [2.45, 2.75) is 0 Å². The molecule has 0 fully saturated rings. The molecule has 1 aliphatic heterocycles. The number of allylic oxidation sites excluding steroid dienone is 1. The van der Waals surface area contributed by atoms with Crippen molar-refractivity contribution in [3.63, 3.8) is 0 Å². The summed E-state index contributed by atoms with van der Waals surface area (Å²) in [6, 6.07) is 2.74. The number of rotatable bonds is 4. The molecule has 0 aromatic heterocycles. The Bertz CT molecular complexity index is 834. The van der Waals surface area contributed by atoms with Crippen molar-refractivity contribution in [3.8, 4) is 17.6 Å². The number of Topliss-reactive ketones (excluding diaryl/α,β-unsaturated/α-hetero) is 1. The number of urea groups is 1. The summed E-state index contributed by atoms with van der Waals surface area (Å²) >= 11 is 0. The number of amides is 2. The lowest BCUT2D eigenvalue weighted by atomic mass is 10.0. The van der Waals surface area contributed by atoms with Gasteiger partial charge in [-0.15, -0.1) is 0 Å². The molecule has 2 amide bonds. The summed E-state index contributed by atoms with van der Waals surface area (Å²) in [5.74, 6) is -2.52. The summed E-state index contributed by atoms with van der Waals surface area (Å²) in [6.45, 7) is -0.127. The molecule has 1 aliphatic rings. The minimum Gasteiger partial charge on any atom is -0.504 e. The number of carbonyl (C=O) groups is 2. The standard InChI is InChI=1S/C13H8N4O6/c14-4-7(11(19)8-5-15-13(21)16-8)1-6-2-9(17(22)23)12(20)10(18)3-6/h1-3,18,20H,5H2,(H,15,21)/b7-1+. The minimum atomic E-state index is -0.927. The van der Waals surface area contributed by atoms with Crippen molar-refractivity contribution in [1.29, 1.82) is 5.26 Å². The number of aromatic hydroxyl groups is 2. The molecule has 0 bridgehead atoms. The number of nitriles is 1. The molecule has 2 rings (SSSR count). The number of hydrogen-bond acceptors (Lipinski definition) is 7. The third kappa shape index (κ3) is 3.13. The van der Waals surface area contributed by atoms with Gasteiger partial charge in [0.25, 0.3) is 0 Å². The van der Waals surface area contributed by atoms with Gasteiger partial charge in [0.1, 0.15) is 17.4 Å². The number of hydrogen-bond donors (Lipinski definition) is 3. The first kappa shape index (κ1) is 15.6. The highest BCUT2D eigenvalue weighted by atomic mass is 16.6. The molecule has 0 saturated heterocycles. The topological polar surface area (TPSA) is 166 Å². The Labute approximate surface area is 128 Å². The molecular formula is C13H8N4O6. The van der Waals surface area contributed by atoms with Gasteiger partial charge in [0.15, 0.2) is 5.75 Å². The predicted octanol–water partition coefficient (Wildman–Crippen LogP) is 0.646. The summed E-state index contributed by atoms with van der Waals surface area (Å²) in [5.41, 5.74) is -1.43. The number of nitro benzene ring substituents is 1. The van der Waals surface area contributed by atoms with Crippen LogP contribution in [-0.4, -0.2) is 39.2 Å². The molecule has 0 aliphatic carbocycles. The Kier molecular flexibility index (Phi) is 4.04. The first-order chi connectivity index (χ1) is 10.8. The van der Waals surface area contributed by atoms with Crippen molar-refractivity contribution in [2.75, 3.05) is 6.54 Å². The van der Waals surface area contributed by atoms with E-state index in [0.29, 0.717) is 0 Å². The quantitative estimate of drug-likeness (QED) is 0.241. The second kappa shape index (κ2) is 5.94. The zero-order chi connectivity index (χ0) is 17.1. The summed E-state index contributed by atoms with van der Waals surface area (Å²) in [4.78, 5) is 36.2. The van der Waals surface area contributed by atoms with Crippen molar-refractivity contribution < 1.29 is 24.7 Å². The van der Waals surface area contributed by atoms with E-state index in [-0.39, 0.29) is 17.8 Å². The Morgan fingerprint density at radius 1 is 1.48 bits per heavy atom. The fourth-order valence-corrected chi connectivity index (χ4v) is 1.81. The monoisotopic (exact) mass is 316 g/mol. The van der Waals surface area contributed by atoms with Crippen LogP contribution in [0.1, 0.15) is 5.56 Å². The maximum absolute atomic E-state index is 12.0. The Hall–Kier alpha value is -3.74. The molecule has 10 nitrogen and oxygen atoms in total. The van der Waals surface area contributed by atoms with E-state index in [2.05, 4.69) is 10.3 Å². The van der Waals surface area contributed by atoms with Crippen LogP contribution in [0, 0.1) is 21.4 Å². The number of ketones is 1. The van der Waals surface area contributed by atoms with Crippen LogP contribution < -0.4 is 5.32 Å². The average Bonchev–Trinajstić information content (AvgIpc) is 2.93. The maximum atomic E-state index is 12.0. The number of carbonyl (C=O) groups excluding carboxylic acids is 2. The molecule has 1 aromatic rings. The summed E-state index contributed by atoms with van der Waals surface area (Å²) < 4.78 is 0. The van der Waals surface area contributed by atoms with Gasteiger partial charge in [-0.25, -0.2) is 4.79 Å². The molecule has 0 atom stereocenters. The summed E-state index contributed by atoms with van der Waals surface area (Å²) in [7, 11) is 0. The summed E-state index contributed by atoms with van der Waals surface area (Å²) in [6.07, 6.45) is 0.986. The number of phenolic OH excluding ortho intramolecular Hbond substituents is 2. The molecular weight excluding hydrogens is 308 g/mol. The van der Waals surface area contributed by atoms with Gasteiger partial charge in [-0.05, 0) is 17.7 Å². The van der Waals surface area contributed by atoms with E-state index in [9.17, 15) is 29.9 Å². The van der Waals surface area contributed by atoms with E-state index >= 15 is 0 Å². The zero-order valence-corrected chi connectivity index (χ0v) is 11.3. The van der Waals surface area contributed by atoms with E-state index in [1.807, 2.05) is 0 Å². The van der Waals surface area contributed by atoms with E-state index in [1.54, 1.807) is 6.07 Å². The second-order valence-electron chi connectivity index (χ2n) is 4.38. The molecule has 23 heavy (non-hydrogen) atoms. The Morgan fingerprint density at radius 3 is 2.70 bits per heavy atom. The van der Waals surface area contributed by atoms with E-state index in [4.69, 9.17) is 5.26 Å². The van der Waals surface area contributed by atoms with Crippen LogP contribution >= 0.6 is 0 Å². The number of nitrogens with one attached hydrogen (secondary N) is 1. The van der Waals surface area contributed by atoms with Gasteiger partial charge < -0.3 is 15.5 Å². The first-order valence-corrected chi connectivity index (χ1v) is 6.05. The first-order valence-electron chi connectivity index (χ1n) is 6.05. The highest BCUT2D eigenvalue weighted by molar-refractivity contribution is 6.50. The largest absolute Gasteiger partial charge is 0.504 e. The number of nitro groups is 1. The molecule has 1 heterocycles. The van der Waals surface area contributed by atoms with Crippen molar-refractivity contribution in [1.82, 2.24) is 5.32 Å². The molecule has 116 valence electrons. The van der Waals surface area contributed by atoms with Gasteiger partial charge in [0.05, 0.1) is 11.5 Å². The predicted molar refractivity (Wildman–Crippen MR) is 75.9 cm³/mol. The number of nitrogens with zero attached hydrogens (tertiary/aromatic N) is 3. The number of aliphatic imine (C=N–C) groups is 1. The van der Waals surface area contributed by atoms with Crippen LogP contribution in [0.25, 0.3) is 6.08 Å². The Balaban J connectivity index is 2.45. The van der Waals surface area contributed by atoms with Crippen molar-refractivity contribution in [3.05, 3.63) is 33.4 Å². The number of benzene rings is 1. The van der Waals surface area contributed by atoms with Gasteiger partial charge in [0, 0.05) is 6.07 Å². The van der Waals surface area contributed by atoms with Gasteiger partial charge in [-0.1, -0.05) is 0 Å². The fourth-order valence-electron chi connectivity index (χ4n) is 1.81. The molecule has 3 N–H and O–H groups in total. The molecule has 10 heteroatoms. The SMILES string of the molecule is N#C/C(=C\c1cc(O)c(O)c([N+](=O)[O-])c1)C(=O)C1=NC(=O)NC1. The highest BCUT2D eigenvalue weighted by Gasteiger charge is 2.24. The third-order valence-corrected chi connectivity index (χ3v) is 2.87. The molecule has 0 radical (unpaired) electrons. The average molecular weight is 316 g/mol. The van der Waals surface area contributed by atoms with Gasteiger partial charge in [0.2, 0.25) is 11.5 Å². The van der Waals surface area contributed by atoms with Crippen LogP contribution in [0.5, 0.6) is 11.5 Å². The van der Waals surface area contributed by atoms with Gasteiger partial charge in [-0.3, -0.25) is 14.9 Å². The van der Waals surface area contributed by atoms with Crippen LogP contribution in [0.4, 0.5) is 10.5 Å². The summed E-state index contributed by atoms with van der Waals surface area (Å²) in [5, 5.41) is 40.9. The second-order valence-corrected chi connectivity index (χ2v) is 4.38. The minimum absolute atomic E-state index is 0.0465. The highest BCUT2D eigenvalue weighted by Crippen LogP contribution is 2.36. The lowest BCUT2D eigenvalue weighted by molar-refractivity contribution is -0.386. The molecule has 0 unspecified atom stereocenters. The van der Waals surface area contributed by atoms with Crippen LogP contribution in [0.2, 0.25) is 0 Å². The third-order valence-electron chi connectivity index (χ3n) is 2.87. The lowest BCUT2D eigenvalue weighted by Gasteiger charge is -2.02. The van der Waals surface area contributed by atoms with Crippen LogP contribution in [-0.2, 0) is 4.79 Å². The van der Waals surface area contributed by atoms with Crippen LogP contribution in [0.15, 0.2) is 22.7 Å². The van der Waals surface area contributed by atoms with Crippen molar-refractivity contribution in [2.24, 2.45) is 4.99 Å². The van der Waals surface area contributed by atoms with Gasteiger partial charge in [-0.2, -0.15) is 10.3 Å². The maximum Gasteiger partial charge on any atom is 0.341 e. The van der Waals surface area contributed by atoms with E-state index in [1.165, 1.54) is 0 Å². The fraction of sp³-hybridized carbons (Fsp3) is 0.0769. The zero-order valence-electron chi connectivity index (χ0n) is 11.3. The smallest absolute Gasteiger partial charge is 0.341 e. The lowest BCUT2D eigenvalue weighted by Crippen LogP contribution is -2.23. The van der Waals surface area contributed by atoms with Gasteiger partial charge >= 0.3 is 11.7 Å². The molecule has 0 spiro atoms. The molecule has 1 aromatic carbocycles. The van der Waals surface area contributed by atoms with E-state index in [0.717, 1.165) is 18.2 Å². The van der Waals surface area contributed by atoms with Crippen LogP contribution in [0.3, 0.4) is 0 Å². The number of phenols is 2. The Morgan fingerprint density at radius 2 is 2.17 bits per heavy atom. The van der Waals surface area contributed by atoms with Crippen molar-refractivity contribution >= 4 is 29.3 Å². The normalized spacial score (nSPS) is 14.0. The molecule has 0 saturated carbocycles.